The van der Waals surface area contributed by atoms with Gasteiger partial charge in [0.15, 0.2) is 0 Å². The van der Waals surface area contributed by atoms with E-state index >= 15 is 0 Å². The summed E-state index contributed by atoms with van der Waals surface area (Å²) in [6, 6.07) is 3.50. The van der Waals surface area contributed by atoms with Crippen LogP contribution in [0.4, 0.5) is 13.2 Å². The molecule has 0 amide bonds. The maximum atomic E-state index is 12.6. The fourth-order valence-corrected chi connectivity index (χ4v) is 1.66. The van der Waals surface area contributed by atoms with E-state index in [1.165, 1.54) is 25.3 Å². The number of alkyl halides is 3. The molecular weight excluding hydrogens is 257 g/mol. The molecule has 0 aliphatic carbocycles. The lowest BCUT2D eigenvalue weighted by molar-refractivity contribution is -0.137. The van der Waals surface area contributed by atoms with Crippen molar-refractivity contribution in [2.75, 3.05) is 7.11 Å². The fourth-order valence-electron chi connectivity index (χ4n) is 1.66. The van der Waals surface area contributed by atoms with Gasteiger partial charge in [0.25, 0.3) is 0 Å². The van der Waals surface area contributed by atoms with E-state index in [9.17, 15) is 18.0 Å². The Kier molecular flexibility index (Phi) is 5.15. The van der Waals surface area contributed by atoms with Crippen LogP contribution < -0.4 is 0 Å². The number of esters is 1. The van der Waals surface area contributed by atoms with Crippen LogP contribution in [0.5, 0.6) is 0 Å². The molecule has 0 spiro atoms. The van der Waals surface area contributed by atoms with Crippen molar-refractivity contribution >= 4 is 12.0 Å². The maximum absolute atomic E-state index is 12.6. The molecule has 0 fully saturated rings. The first kappa shape index (κ1) is 15.3. The number of methoxy groups -OCH3 is 1. The van der Waals surface area contributed by atoms with E-state index in [0.29, 0.717) is 17.5 Å². The molecule has 2 nitrogen and oxygen atoms in total. The van der Waals surface area contributed by atoms with Crippen molar-refractivity contribution in [3.8, 4) is 0 Å². The summed E-state index contributed by atoms with van der Waals surface area (Å²) in [5, 5.41) is 0. The predicted octanol–water partition coefficient (Wildman–Crippen LogP) is 3.84. The Hall–Kier alpha value is -1.78. The van der Waals surface area contributed by atoms with Gasteiger partial charge >= 0.3 is 12.1 Å². The van der Waals surface area contributed by atoms with E-state index in [1.54, 1.807) is 0 Å². The average molecular weight is 272 g/mol. The van der Waals surface area contributed by atoms with E-state index in [2.05, 4.69) is 4.74 Å². The molecule has 1 aromatic carbocycles. The van der Waals surface area contributed by atoms with Crippen LogP contribution in [0.1, 0.15) is 30.0 Å². The lowest BCUT2D eigenvalue weighted by Crippen LogP contribution is -2.06. The van der Waals surface area contributed by atoms with Gasteiger partial charge in [-0.2, -0.15) is 13.2 Å². The SMILES string of the molecule is CCCc1cc(C(F)(F)F)ccc1/C=C/C(=O)OC. The van der Waals surface area contributed by atoms with Gasteiger partial charge in [-0.25, -0.2) is 4.79 Å². The summed E-state index contributed by atoms with van der Waals surface area (Å²) in [4.78, 5) is 11.0. The third kappa shape index (κ3) is 4.43. The molecule has 0 saturated carbocycles. The molecule has 0 bridgehead atoms. The standard InChI is InChI=1S/C14H15F3O2/c1-3-4-11-9-12(14(15,16)17)7-5-10(11)6-8-13(18)19-2/h5-9H,3-4H2,1-2H3/b8-6+. The van der Waals surface area contributed by atoms with Crippen LogP contribution in [-0.2, 0) is 22.1 Å². The van der Waals surface area contributed by atoms with Crippen LogP contribution >= 0.6 is 0 Å². The lowest BCUT2D eigenvalue weighted by atomic mass is 9.99. The number of benzene rings is 1. The molecule has 0 radical (unpaired) electrons. The minimum Gasteiger partial charge on any atom is -0.466 e. The molecule has 0 atom stereocenters. The molecular formula is C14H15F3O2. The normalized spacial score (nSPS) is 11.8. The van der Waals surface area contributed by atoms with Gasteiger partial charge in [0, 0.05) is 6.08 Å². The van der Waals surface area contributed by atoms with E-state index in [0.717, 1.165) is 18.6 Å². The number of hydrogen-bond acceptors (Lipinski definition) is 2. The first-order chi connectivity index (χ1) is 8.88. The van der Waals surface area contributed by atoms with Gasteiger partial charge in [-0.1, -0.05) is 19.4 Å². The Labute approximate surface area is 109 Å². The van der Waals surface area contributed by atoms with E-state index in [-0.39, 0.29) is 0 Å². The largest absolute Gasteiger partial charge is 0.466 e. The number of aryl methyl sites for hydroxylation is 1. The molecule has 19 heavy (non-hydrogen) atoms. The van der Waals surface area contributed by atoms with Crippen molar-refractivity contribution in [1.82, 2.24) is 0 Å². The summed E-state index contributed by atoms with van der Waals surface area (Å²) in [6.45, 7) is 1.88. The summed E-state index contributed by atoms with van der Waals surface area (Å²) < 4.78 is 42.3. The molecule has 0 aliphatic heterocycles. The Morgan fingerprint density at radius 2 is 2.05 bits per heavy atom. The minimum atomic E-state index is -4.35. The molecule has 1 rings (SSSR count). The maximum Gasteiger partial charge on any atom is 0.416 e. The van der Waals surface area contributed by atoms with Crippen molar-refractivity contribution in [1.29, 1.82) is 0 Å². The Morgan fingerprint density at radius 1 is 1.37 bits per heavy atom. The van der Waals surface area contributed by atoms with Gasteiger partial charge < -0.3 is 4.74 Å². The van der Waals surface area contributed by atoms with Crippen molar-refractivity contribution in [3.05, 3.63) is 41.0 Å². The molecule has 0 heterocycles. The zero-order valence-corrected chi connectivity index (χ0v) is 10.8. The number of carbonyl (C=O) groups is 1. The average Bonchev–Trinajstić information content (AvgIpc) is 2.36. The minimum absolute atomic E-state index is 0.519. The molecule has 0 N–H and O–H groups in total. The van der Waals surface area contributed by atoms with Crippen LogP contribution in [0.2, 0.25) is 0 Å². The van der Waals surface area contributed by atoms with Gasteiger partial charge in [-0.05, 0) is 35.8 Å². The van der Waals surface area contributed by atoms with Gasteiger partial charge in [0.2, 0.25) is 0 Å². The van der Waals surface area contributed by atoms with Gasteiger partial charge in [0.1, 0.15) is 0 Å². The van der Waals surface area contributed by atoms with Crippen LogP contribution in [0.25, 0.3) is 6.08 Å². The van der Waals surface area contributed by atoms with Crippen LogP contribution in [0.3, 0.4) is 0 Å². The van der Waals surface area contributed by atoms with Crippen LogP contribution in [0, 0.1) is 0 Å². The summed E-state index contributed by atoms with van der Waals surface area (Å²) >= 11 is 0. The summed E-state index contributed by atoms with van der Waals surface area (Å²) in [6.07, 6.45) is -0.447. The Morgan fingerprint density at radius 3 is 2.58 bits per heavy atom. The highest BCUT2D eigenvalue weighted by Crippen LogP contribution is 2.31. The molecule has 5 heteroatoms. The Bertz CT molecular complexity index is 476. The lowest BCUT2D eigenvalue weighted by Gasteiger charge is -2.11. The highest BCUT2D eigenvalue weighted by molar-refractivity contribution is 5.87. The van der Waals surface area contributed by atoms with Crippen molar-refractivity contribution in [2.45, 2.75) is 25.9 Å². The molecule has 0 aliphatic rings. The number of rotatable bonds is 4. The first-order valence-corrected chi connectivity index (χ1v) is 5.84. The first-order valence-electron chi connectivity index (χ1n) is 5.84. The number of carbonyl (C=O) groups excluding carboxylic acids is 1. The monoisotopic (exact) mass is 272 g/mol. The fraction of sp³-hybridized carbons (Fsp3) is 0.357. The highest BCUT2D eigenvalue weighted by atomic mass is 19.4. The van der Waals surface area contributed by atoms with E-state index in [1.807, 2.05) is 6.92 Å². The number of halogens is 3. The topological polar surface area (TPSA) is 26.3 Å². The van der Waals surface area contributed by atoms with Crippen LogP contribution in [-0.4, -0.2) is 13.1 Å². The Balaban J connectivity index is 3.11. The second-order valence-electron chi connectivity index (χ2n) is 4.02. The second kappa shape index (κ2) is 6.41. The zero-order valence-electron chi connectivity index (χ0n) is 10.8. The van der Waals surface area contributed by atoms with Gasteiger partial charge in [-0.15, -0.1) is 0 Å². The summed E-state index contributed by atoms with van der Waals surface area (Å²) in [7, 11) is 1.24. The number of hydrogen-bond donors (Lipinski definition) is 0. The second-order valence-corrected chi connectivity index (χ2v) is 4.02. The summed E-state index contributed by atoms with van der Waals surface area (Å²) in [5.41, 5.74) is 0.490. The van der Waals surface area contributed by atoms with Crippen LogP contribution in [0.15, 0.2) is 24.3 Å². The van der Waals surface area contributed by atoms with Gasteiger partial charge in [-0.3, -0.25) is 0 Å². The zero-order chi connectivity index (χ0) is 14.5. The molecule has 1 aromatic rings. The molecule has 0 unspecified atom stereocenters. The van der Waals surface area contributed by atoms with Crippen molar-refractivity contribution < 1.29 is 22.7 Å². The predicted molar refractivity (Wildman–Crippen MR) is 66.5 cm³/mol. The molecule has 0 saturated heterocycles. The smallest absolute Gasteiger partial charge is 0.416 e. The van der Waals surface area contributed by atoms with E-state index in [4.69, 9.17) is 0 Å². The van der Waals surface area contributed by atoms with Gasteiger partial charge in [0.05, 0.1) is 12.7 Å². The third-order valence-electron chi connectivity index (χ3n) is 2.59. The van der Waals surface area contributed by atoms with Crippen molar-refractivity contribution in [2.24, 2.45) is 0 Å². The number of ether oxygens (including phenoxy) is 1. The third-order valence-corrected chi connectivity index (χ3v) is 2.59. The van der Waals surface area contributed by atoms with Crippen molar-refractivity contribution in [3.63, 3.8) is 0 Å². The molecule has 104 valence electrons. The molecule has 0 aromatic heterocycles. The quantitative estimate of drug-likeness (QED) is 0.615. The summed E-state index contributed by atoms with van der Waals surface area (Å²) in [5.74, 6) is -0.539. The van der Waals surface area contributed by atoms with E-state index < -0.39 is 17.7 Å². The highest BCUT2D eigenvalue weighted by Gasteiger charge is 2.30.